The van der Waals surface area contributed by atoms with Crippen molar-refractivity contribution in [2.45, 2.75) is 73.5 Å². The van der Waals surface area contributed by atoms with Gasteiger partial charge < -0.3 is 36.7 Å². The maximum atomic E-state index is 11.5. The van der Waals surface area contributed by atoms with Crippen molar-refractivity contribution in [2.24, 2.45) is 0 Å². The summed E-state index contributed by atoms with van der Waals surface area (Å²) < 4.78 is 10.2. The highest BCUT2D eigenvalue weighted by molar-refractivity contribution is 5.90. The lowest BCUT2D eigenvalue weighted by atomic mass is 10.2. The van der Waals surface area contributed by atoms with Gasteiger partial charge in [-0.05, 0) is 114 Å². The predicted octanol–water partition coefficient (Wildman–Crippen LogP) is 6.93. The number of nitrogens with two attached hydrogens (primary N) is 2. The first-order valence-electron chi connectivity index (χ1n) is 14.6. The van der Waals surface area contributed by atoms with Gasteiger partial charge in [0.25, 0.3) is 5.97 Å². The van der Waals surface area contributed by atoms with Crippen LogP contribution in [0.25, 0.3) is 0 Å². The van der Waals surface area contributed by atoms with E-state index in [-0.39, 0.29) is 11.8 Å². The Hall–Kier alpha value is -5.79. The van der Waals surface area contributed by atoms with E-state index >= 15 is 0 Å². The Morgan fingerprint density at radius 2 is 0.708 bits per heavy atom. The molecule has 0 heterocycles. The SMILES string of the molecule is CC(=O)Nc1ccc(N)cc1.CC(=O)Nc1ccc(NC(=O)OC(C)(C)C)cc1.CC(=O)O.CC(C)(C)OC(=O)Nc1ccc(N)cc1. The Kier molecular flexibility index (Phi) is 17.9. The number of nitrogen functional groups attached to an aromatic ring is 2. The van der Waals surface area contributed by atoms with E-state index in [1.54, 1.807) is 93.6 Å². The molecule has 0 radical (unpaired) electrons. The average molecular weight is 669 g/mol. The number of anilines is 6. The van der Waals surface area contributed by atoms with E-state index in [0.717, 1.165) is 12.6 Å². The zero-order valence-electron chi connectivity index (χ0n) is 28.9. The van der Waals surface area contributed by atoms with E-state index in [0.29, 0.717) is 28.4 Å². The molecule has 14 heteroatoms. The van der Waals surface area contributed by atoms with Crippen molar-refractivity contribution in [1.29, 1.82) is 0 Å². The summed E-state index contributed by atoms with van der Waals surface area (Å²) in [6.07, 6.45) is -0.970. The Labute approximate surface area is 281 Å². The Morgan fingerprint density at radius 1 is 0.500 bits per heavy atom. The van der Waals surface area contributed by atoms with Crippen LogP contribution in [0.4, 0.5) is 43.7 Å². The van der Waals surface area contributed by atoms with Gasteiger partial charge in [0.05, 0.1) is 0 Å². The average Bonchev–Trinajstić information content (AvgIpc) is 2.90. The molecule has 0 saturated carbocycles. The number of carboxylic acids is 1. The Balaban J connectivity index is 0.000000667. The van der Waals surface area contributed by atoms with Gasteiger partial charge in [-0.1, -0.05) is 0 Å². The van der Waals surface area contributed by atoms with Gasteiger partial charge in [-0.15, -0.1) is 0 Å². The summed E-state index contributed by atoms with van der Waals surface area (Å²) in [5.74, 6) is -1.04. The third-order valence-corrected chi connectivity index (χ3v) is 4.64. The second-order valence-electron chi connectivity index (χ2n) is 12.0. The highest BCUT2D eigenvalue weighted by atomic mass is 16.6. The number of carbonyl (C=O) groups is 5. The number of nitrogens with one attached hydrogen (secondary N) is 4. The van der Waals surface area contributed by atoms with Crippen LogP contribution in [-0.2, 0) is 23.9 Å². The quantitative estimate of drug-likeness (QED) is 0.142. The fourth-order valence-corrected chi connectivity index (χ4v) is 3.02. The van der Waals surface area contributed by atoms with Gasteiger partial charge >= 0.3 is 12.2 Å². The van der Waals surface area contributed by atoms with Gasteiger partial charge in [-0.3, -0.25) is 25.0 Å². The summed E-state index contributed by atoms with van der Waals surface area (Å²) in [6, 6.07) is 20.7. The van der Waals surface area contributed by atoms with Crippen molar-refractivity contribution in [3.05, 3.63) is 72.8 Å². The normalized spacial score (nSPS) is 10.0. The summed E-state index contributed by atoms with van der Waals surface area (Å²) >= 11 is 0. The van der Waals surface area contributed by atoms with Gasteiger partial charge in [0, 0.05) is 54.9 Å². The molecule has 0 unspecified atom stereocenters. The minimum atomic E-state index is -0.833. The van der Waals surface area contributed by atoms with Crippen molar-refractivity contribution < 1.29 is 38.6 Å². The lowest BCUT2D eigenvalue weighted by Crippen LogP contribution is -2.27. The lowest BCUT2D eigenvalue weighted by molar-refractivity contribution is -0.134. The van der Waals surface area contributed by atoms with Crippen molar-refractivity contribution in [1.82, 2.24) is 0 Å². The molecule has 4 amide bonds. The van der Waals surface area contributed by atoms with Gasteiger partial charge in [-0.25, -0.2) is 9.59 Å². The Morgan fingerprint density at radius 3 is 0.917 bits per heavy atom. The first-order chi connectivity index (χ1) is 22.0. The Bertz CT molecular complexity index is 1460. The van der Waals surface area contributed by atoms with E-state index in [1.807, 2.05) is 20.8 Å². The van der Waals surface area contributed by atoms with E-state index in [9.17, 15) is 19.2 Å². The number of carbonyl (C=O) groups excluding carboxylic acids is 4. The molecule has 14 nitrogen and oxygen atoms in total. The summed E-state index contributed by atoms with van der Waals surface area (Å²) in [5, 5.41) is 17.9. The monoisotopic (exact) mass is 668 g/mol. The number of hydrogen-bond donors (Lipinski definition) is 7. The number of amides is 4. The van der Waals surface area contributed by atoms with Gasteiger partial charge in [0.1, 0.15) is 11.2 Å². The van der Waals surface area contributed by atoms with Crippen molar-refractivity contribution in [3.8, 4) is 0 Å². The van der Waals surface area contributed by atoms with Crippen LogP contribution in [0.5, 0.6) is 0 Å². The molecule has 0 aliphatic heterocycles. The molecule has 0 saturated heterocycles. The second kappa shape index (κ2) is 20.4. The molecular formula is C34H48N6O8. The molecule has 3 rings (SSSR count). The second-order valence-corrected chi connectivity index (χ2v) is 12.0. The number of carboxylic acid groups (broad SMARTS) is 1. The van der Waals surface area contributed by atoms with Crippen LogP contribution in [0.2, 0.25) is 0 Å². The van der Waals surface area contributed by atoms with E-state index in [2.05, 4.69) is 21.3 Å². The molecule has 0 aliphatic carbocycles. The standard InChI is InChI=1S/C13H18N2O3.C11H16N2O2.C8H10N2O.C2H4O2/c1-9(16)14-10-5-7-11(8-6-10)15-12(17)18-13(2,3)4;1-11(2,3)15-10(14)13-9-6-4-8(12)5-7-9;1-6(11)10-8-4-2-7(9)3-5-8;1-2(3)4/h5-8H,1-4H3,(H,14,16)(H,15,17);4-7H,12H2,1-3H3,(H,13,14);2-5H,9H2,1H3,(H,10,11);1H3,(H,3,4). The third-order valence-electron chi connectivity index (χ3n) is 4.64. The van der Waals surface area contributed by atoms with E-state index in [1.165, 1.54) is 13.8 Å². The maximum Gasteiger partial charge on any atom is 0.412 e. The van der Waals surface area contributed by atoms with Crippen LogP contribution >= 0.6 is 0 Å². The first kappa shape index (κ1) is 42.2. The number of ether oxygens (including phenoxy) is 2. The number of benzene rings is 3. The number of hydrogen-bond acceptors (Lipinski definition) is 9. The molecule has 0 spiro atoms. The summed E-state index contributed by atoms with van der Waals surface area (Å²) in [7, 11) is 0. The highest BCUT2D eigenvalue weighted by Gasteiger charge is 2.17. The molecule has 0 aromatic heterocycles. The van der Waals surface area contributed by atoms with Crippen molar-refractivity contribution in [3.63, 3.8) is 0 Å². The minimum Gasteiger partial charge on any atom is -0.481 e. The molecule has 3 aromatic carbocycles. The molecule has 0 aliphatic rings. The molecule has 0 bridgehead atoms. The lowest BCUT2D eigenvalue weighted by Gasteiger charge is -2.19. The highest BCUT2D eigenvalue weighted by Crippen LogP contribution is 2.16. The topological polar surface area (TPSA) is 224 Å². The van der Waals surface area contributed by atoms with Gasteiger partial charge in [0.15, 0.2) is 0 Å². The van der Waals surface area contributed by atoms with E-state index in [4.69, 9.17) is 30.8 Å². The zero-order chi connectivity index (χ0) is 37.1. The molecule has 9 N–H and O–H groups in total. The van der Waals surface area contributed by atoms with Gasteiger partial charge in [0.2, 0.25) is 11.8 Å². The van der Waals surface area contributed by atoms with Crippen LogP contribution in [0.15, 0.2) is 72.8 Å². The van der Waals surface area contributed by atoms with Gasteiger partial charge in [-0.2, -0.15) is 0 Å². The third kappa shape index (κ3) is 24.5. The molecule has 0 fully saturated rings. The van der Waals surface area contributed by atoms with Crippen LogP contribution in [0, 0.1) is 0 Å². The first-order valence-corrected chi connectivity index (χ1v) is 14.6. The molecule has 3 aromatic rings. The number of aliphatic carboxylic acids is 1. The molecular weight excluding hydrogens is 620 g/mol. The van der Waals surface area contributed by atoms with Crippen LogP contribution in [-0.4, -0.2) is 46.3 Å². The van der Waals surface area contributed by atoms with E-state index < -0.39 is 29.4 Å². The smallest absolute Gasteiger partial charge is 0.412 e. The minimum absolute atomic E-state index is 0.0743. The fraction of sp³-hybridized carbons (Fsp3) is 0.324. The predicted molar refractivity (Wildman–Crippen MR) is 190 cm³/mol. The van der Waals surface area contributed by atoms with Crippen LogP contribution < -0.4 is 32.7 Å². The van der Waals surface area contributed by atoms with Crippen LogP contribution in [0.1, 0.15) is 62.3 Å². The maximum absolute atomic E-state index is 11.5. The largest absolute Gasteiger partial charge is 0.481 e. The van der Waals surface area contributed by atoms with Crippen molar-refractivity contribution >= 4 is 64.1 Å². The van der Waals surface area contributed by atoms with Crippen molar-refractivity contribution in [2.75, 3.05) is 32.7 Å². The molecule has 262 valence electrons. The molecule has 0 atom stereocenters. The summed E-state index contributed by atoms with van der Waals surface area (Å²) in [6.45, 7) is 14.8. The number of rotatable bonds is 4. The fourth-order valence-electron chi connectivity index (χ4n) is 3.02. The summed E-state index contributed by atoms with van der Waals surface area (Å²) in [4.78, 5) is 53.2. The summed E-state index contributed by atoms with van der Waals surface area (Å²) in [5.41, 5.74) is 14.0. The van der Waals surface area contributed by atoms with Crippen LogP contribution in [0.3, 0.4) is 0 Å². The zero-order valence-corrected chi connectivity index (χ0v) is 28.9. The molecule has 48 heavy (non-hydrogen) atoms.